The summed E-state index contributed by atoms with van der Waals surface area (Å²) in [6.07, 6.45) is 0. The van der Waals surface area contributed by atoms with Gasteiger partial charge in [0, 0.05) is 0 Å². The third-order valence-electron chi connectivity index (χ3n) is 2.77. The Bertz CT molecular complexity index is 535. The van der Waals surface area contributed by atoms with Crippen LogP contribution >= 0.6 is 23.6 Å². The van der Waals surface area contributed by atoms with Crippen molar-refractivity contribution in [3.05, 3.63) is 15.8 Å². The first kappa shape index (κ1) is 15.6. The SMILES string of the molecule is COC(=O)c1scc(C)c1NC(=O)C(C)(C)C(N)=S. The van der Waals surface area contributed by atoms with Gasteiger partial charge in [-0.25, -0.2) is 4.79 Å². The summed E-state index contributed by atoms with van der Waals surface area (Å²) in [5.41, 5.74) is 5.79. The molecule has 5 nitrogen and oxygen atoms in total. The van der Waals surface area contributed by atoms with E-state index in [2.05, 4.69) is 10.1 Å². The Labute approximate surface area is 121 Å². The van der Waals surface area contributed by atoms with Gasteiger partial charge in [-0.05, 0) is 31.7 Å². The monoisotopic (exact) mass is 300 g/mol. The van der Waals surface area contributed by atoms with Crippen LogP contribution in [0.4, 0.5) is 5.69 Å². The summed E-state index contributed by atoms with van der Waals surface area (Å²) in [5, 5.41) is 4.47. The molecule has 7 heteroatoms. The lowest BCUT2D eigenvalue weighted by Gasteiger charge is -2.22. The molecule has 0 atom stereocenters. The minimum Gasteiger partial charge on any atom is -0.465 e. The van der Waals surface area contributed by atoms with E-state index in [-0.39, 0.29) is 10.9 Å². The van der Waals surface area contributed by atoms with Crippen molar-refractivity contribution >= 4 is 46.1 Å². The summed E-state index contributed by atoms with van der Waals surface area (Å²) < 4.78 is 4.67. The Morgan fingerprint density at radius 1 is 1.47 bits per heavy atom. The second-order valence-electron chi connectivity index (χ2n) is 4.56. The number of anilines is 1. The van der Waals surface area contributed by atoms with Gasteiger partial charge in [-0.1, -0.05) is 12.2 Å². The number of amides is 1. The number of methoxy groups -OCH3 is 1. The Balaban J connectivity index is 3.07. The molecule has 1 amide bonds. The summed E-state index contributed by atoms with van der Waals surface area (Å²) in [6, 6.07) is 0. The van der Waals surface area contributed by atoms with Gasteiger partial charge in [0.05, 0.1) is 23.2 Å². The average Bonchev–Trinajstić information content (AvgIpc) is 2.70. The Hall–Kier alpha value is -1.47. The molecule has 0 unspecified atom stereocenters. The van der Waals surface area contributed by atoms with Crippen LogP contribution in [0.5, 0.6) is 0 Å². The molecular formula is C12H16N2O3S2. The fraction of sp³-hybridized carbons (Fsp3) is 0.417. The molecule has 0 bridgehead atoms. The minimum atomic E-state index is -0.989. The van der Waals surface area contributed by atoms with Crippen LogP contribution in [0.25, 0.3) is 0 Å². The third kappa shape index (κ3) is 3.10. The number of thiophene rings is 1. The molecule has 0 fully saturated rings. The maximum Gasteiger partial charge on any atom is 0.350 e. The molecule has 1 aromatic heterocycles. The highest BCUT2D eigenvalue weighted by atomic mass is 32.1. The molecule has 0 saturated carbocycles. The zero-order chi connectivity index (χ0) is 14.8. The van der Waals surface area contributed by atoms with Crippen LogP contribution in [0.15, 0.2) is 5.38 Å². The van der Waals surface area contributed by atoms with Crippen LogP contribution in [-0.4, -0.2) is 24.0 Å². The quantitative estimate of drug-likeness (QED) is 0.657. The van der Waals surface area contributed by atoms with Crippen molar-refractivity contribution in [3.8, 4) is 0 Å². The second-order valence-corrected chi connectivity index (χ2v) is 5.88. The number of rotatable bonds is 4. The second kappa shape index (κ2) is 5.66. The number of carbonyl (C=O) groups is 2. The van der Waals surface area contributed by atoms with Crippen LogP contribution in [-0.2, 0) is 9.53 Å². The van der Waals surface area contributed by atoms with E-state index in [1.165, 1.54) is 18.4 Å². The summed E-state index contributed by atoms with van der Waals surface area (Å²) >= 11 is 6.09. The van der Waals surface area contributed by atoms with E-state index in [4.69, 9.17) is 18.0 Å². The fourth-order valence-electron chi connectivity index (χ4n) is 1.22. The molecule has 1 aromatic rings. The van der Waals surface area contributed by atoms with E-state index < -0.39 is 11.4 Å². The Morgan fingerprint density at radius 2 is 2.05 bits per heavy atom. The van der Waals surface area contributed by atoms with E-state index in [1.54, 1.807) is 26.2 Å². The van der Waals surface area contributed by atoms with Crippen LogP contribution in [0.3, 0.4) is 0 Å². The van der Waals surface area contributed by atoms with Gasteiger partial charge in [0.15, 0.2) is 0 Å². The van der Waals surface area contributed by atoms with Crippen LogP contribution < -0.4 is 11.1 Å². The first-order valence-electron chi connectivity index (χ1n) is 5.49. The highest BCUT2D eigenvalue weighted by Crippen LogP contribution is 2.30. The molecule has 104 valence electrons. The predicted octanol–water partition coefficient (Wildman–Crippen LogP) is 2.09. The molecule has 0 aromatic carbocycles. The third-order valence-corrected chi connectivity index (χ3v) is 4.36. The maximum absolute atomic E-state index is 12.2. The molecule has 0 aliphatic rings. The molecule has 0 aliphatic heterocycles. The van der Waals surface area contributed by atoms with Gasteiger partial charge in [-0.15, -0.1) is 11.3 Å². The number of carbonyl (C=O) groups excluding carboxylic acids is 2. The number of hydrogen-bond acceptors (Lipinski definition) is 5. The van der Waals surface area contributed by atoms with Crippen molar-refractivity contribution in [1.29, 1.82) is 0 Å². The molecule has 1 heterocycles. The topological polar surface area (TPSA) is 81.4 Å². The normalized spacial score (nSPS) is 10.9. The summed E-state index contributed by atoms with van der Waals surface area (Å²) in [4.78, 5) is 24.2. The summed E-state index contributed by atoms with van der Waals surface area (Å²) in [7, 11) is 1.29. The molecule has 0 aliphatic carbocycles. The number of nitrogens with one attached hydrogen (secondary N) is 1. The Morgan fingerprint density at radius 3 is 2.53 bits per heavy atom. The van der Waals surface area contributed by atoms with Gasteiger partial charge in [-0.3, -0.25) is 4.79 Å². The minimum absolute atomic E-state index is 0.0949. The van der Waals surface area contributed by atoms with Gasteiger partial charge in [-0.2, -0.15) is 0 Å². The number of nitrogens with two attached hydrogens (primary N) is 1. The van der Waals surface area contributed by atoms with Crippen molar-refractivity contribution in [2.24, 2.45) is 11.1 Å². The van der Waals surface area contributed by atoms with E-state index in [0.717, 1.165) is 5.56 Å². The lowest BCUT2D eigenvalue weighted by molar-refractivity contribution is -0.121. The molecular weight excluding hydrogens is 284 g/mol. The molecule has 0 spiro atoms. The zero-order valence-electron chi connectivity index (χ0n) is 11.2. The molecule has 1 rings (SSSR count). The van der Waals surface area contributed by atoms with E-state index in [9.17, 15) is 9.59 Å². The number of esters is 1. The van der Waals surface area contributed by atoms with Crippen molar-refractivity contribution in [2.75, 3.05) is 12.4 Å². The predicted molar refractivity (Wildman–Crippen MR) is 79.6 cm³/mol. The fourth-order valence-corrected chi connectivity index (χ4v) is 2.24. The van der Waals surface area contributed by atoms with Crippen LogP contribution in [0.2, 0.25) is 0 Å². The molecule has 19 heavy (non-hydrogen) atoms. The van der Waals surface area contributed by atoms with Gasteiger partial charge in [0.25, 0.3) is 0 Å². The van der Waals surface area contributed by atoms with Crippen LogP contribution in [0, 0.1) is 12.3 Å². The van der Waals surface area contributed by atoms with E-state index in [0.29, 0.717) is 10.6 Å². The molecule has 0 saturated heterocycles. The van der Waals surface area contributed by atoms with Gasteiger partial charge in [0.1, 0.15) is 4.88 Å². The van der Waals surface area contributed by atoms with Gasteiger partial charge >= 0.3 is 5.97 Å². The smallest absolute Gasteiger partial charge is 0.350 e. The molecule has 0 radical (unpaired) electrons. The van der Waals surface area contributed by atoms with Crippen molar-refractivity contribution in [2.45, 2.75) is 20.8 Å². The van der Waals surface area contributed by atoms with Crippen molar-refractivity contribution in [1.82, 2.24) is 0 Å². The van der Waals surface area contributed by atoms with Crippen LogP contribution in [0.1, 0.15) is 29.1 Å². The van der Waals surface area contributed by atoms with Gasteiger partial charge < -0.3 is 15.8 Å². The largest absolute Gasteiger partial charge is 0.465 e. The zero-order valence-corrected chi connectivity index (χ0v) is 12.8. The Kier molecular flexibility index (Phi) is 4.65. The lowest BCUT2D eigenvalue weighted by atomic mass is 9.92. The summed E-state index contributed by atoms with van der Waals surface area (Å²) in [6.45, 7) is 5.06. The van der Waals surface area contributed by atoms with Crippen molar-refractivity contribution in [3.63, 3.8) is 0 Å². The first-order chi connectivity index (χ1) is 8.71. The first-order valence-corrected chi connectivity index (χ1v) is 6.78. The number of thiocarbonyl (C=S) groups is 1. The van der Waals surface area contributed by atoms with E-state index >= 15 is 0 Å². The average molecular weight is 300 g/mol. The number of hydrogen-bond donors (Lipinski definition) is 2. The number of aryl methyl sites for hydroxylation is 1. The van der Waals surface area contributed by atoms with Gasteiger partial charge in [0.2, 0.25) is 5.91 Å². The maximum atomic E-state index is 12.2. The number of ether oxygens (including phenoxy) is 1. The van der Waals surface area contributed by atoms with Crippen molar-refractivity contribution < 1.29 is 14.3 Å². The van der Waals surface area contributed by atoms with E-state index in [1.807, 2.05) is 0 Å². The highest BCUT2D eigenvalue weighted by Gasteiger charge is 2.32. The summed E-state index contributed by atoms with van der Waals surface area (Å²) in [5.74, 6) is -0.840. The molecule has 3 N–H and O–H groups in total. The highest BCUT2D eigenvalue weighted by molar-refractivity contribution is 7.80. The lowest BCUT2D eigenvalue weighted by Crippen LogP contribution is -2.41. The standard InChI is InChI=1S/C12H16N2O3S2/c1-6-5-19-8(9(15)17-4)7(6)14-11(16)12(2,3)10(13)18/h5H,1-4H3,(H2,13,18)(H,14,16).